The van der Waals surface area contributed by atoms with E-state index in [0.717, 1.165) is 5.56 Å². The SMILES string of the molecule is Cc1ccc(NC(=O)C[C@@H]2Nc3ccccc3N(CC(=O)Nc3ccccc3F)C2=O)cc1. The van der Waals surface area contributed by atoms with Gasteiger partial charge in [0.25, 0.3) is 5.91 Å². The van der Waals surface area contributed by atoms with Crippen molar-refractivity contribution in [2.24, 2.45) is 0 Å². The molecule has 0 fully saturated rings. The Bertz CT molecular complexity index is 1200. The highest BCUT2D eigenvalue weighted by Crippen LogP contribution is 2.32. The van der Waals surface area contributed by atoms with Gasteiger partial charge in [-0.2, -0.15) is 0 Å². The molecule has 0 saturated carbocycles. The van der Waals surface area contributed by atoms with Crippen LogP contribution in [0.25, 0.3) is 0 Å². The Balaban J connectivity index is 1.49. The van der Waals surface area contributed by atoms with Gasteiger partial charge in [-0.3, -0.25) is 19.3 Å². The van der Waals surface area contributed by atoms with Gasteiger partial charge in [-0.15, -0.1) is 0 Å². The fraction of sp³-hybridized carbons (Fsp3) is 0.160. The van der Waals surface area contributed by atoms with Crippen molar-refractivity contribution in [3.05, 3.63) is 84.2 Å². The molecule has 1 aliphatic heterocycles. The molecule has 0 radical (unpaired) electrons. The Morgan fingerprint density at radius 3 is 2.39 bits per heavy atom. The molecule has 0 aliphatic carbocycles. The van der Waals surface area contributed by atoms with Crippen LogP contribution < -0.4 is 20.9 Å². The van der Waals surface area contributed by atoms with E-state index >= 15 is 0 Å². The van der Waals surface area contributed by atoms with E-state index in [1.165, 1.54) is 23.1 Å². The fourth-order valence-corrected chi connectivity index (χ4v) is 3.62. The van der Waals surface area contributed by atoms with Crippen LogP contribution in [0.4, 0.5) is 27.1 Å². The normalized spacial score (nSPS) is 14.8. The standard InChI is InChI=1S/C25H23FN4O3/c1-16-10-12-17(13-11-16)27-23(31)14-21-25(33)30(22-9-5-4-8-20(22)28-21)15-24(32)29-19-7-3-2-6-18(19)26/h2-13,21,28H,14-15H2,1H3,(H,27,31)(H,29,32)/t21-/m0/s1. The molecule has 3 aromatic carbocycles. The number of hydrogen-bond acceptors (Lipinski definition) is 4. The number of nitrogens with one attached hydrogen (secondary N) is 3. The molecule has 0 aromatic heterocycles. The minimum atomic E-state index is -0.855. The van der Waals surface area contributed by atoms with Gasteiger partial charge in [0.15, 0.2) is 0 Å². The van der Waals surface area contributed by atoms with Crippen LogP contribution in [0.15, 0.2) is 72.8 Å². The van der Waals surface area contributed by atoms with E-state index in [2.05, 4.69) is 16.0 Å². The van der Waals surface area contributed by atoms with Crippen LogP contribution in [0.2, 0.25) is 0 Å². The van der Waals surface area contributed by atoms with Gasteiger partial charge in [-0.25, -0.2) is 4.39 Å². The predicted molar refractivity (Wildman–Crippen MR) is 126 cm³/mol. The molecule has 0 spiro atoms. The topological polar surface area (TPSA) is 90.5 Å². The van der Waals surface area contributed by atoms with Crippen LogP contribution in [0.1, 0.15) is 12.0 Å². The van der Waals surface area contributed by atoms with E-state index < -0.39 is 23.7 Å². The highest BCUT2D eigenvalue weighted by Gasteiger charge is 2.34. The number of fused-ring (bicyclic) bond motifs is 1. The van der Waals surface area contributed by atoms with Gasteiger partial charge in [0.1, 0.15) is 18.4 Å². The van der Waals surface area contributed by atoms with Gasteiger partial charge < -0.3 is 16.0 Å². The molecule has 1 heterocycles. The molecule has 3 aromatic rings. The number of anilines is 4. The van der Waals surface area contributed by atoms with E-state index in [-0.39, 0.29) is 24.6 Å². The van der Waals surface area contributed by atoms with Crippen LogP contribution in [-0.4, -0.2) is 30.3 Å². The summed E-state index contributed by atoms with van der Waals surface area (Å²) in [6, 6.07) is 19.3. The molecule has 1 atom stereocenters. The summed E-state index contributed by atoms with van der Waals surface area (Å²) in [4.78, 5) is 39.7. The van der Waals surface area contributed by atoms with E-state index in [0.29, 0.717) is 17.1 Å². The first-order valence-electron chi connectivity index (χ1n) is 10.5. The lowest BCUT2D eigenvalue weighted by molar-refractivity contribution is -0.124. The van der Waals surface area contributed by atoms with Gasteiger partial charge in [-0.05, 0) is 43.3 Å². The van der Waals surface area contributed by atoms with Crippen molar-refractivity contribution >= 4 is 40.5 Å². The average Bonchev–Trinajstić information content (AvgIpc) is 2.79. The molecule has 168 valence electrons. The Morgan fingerprint density at radius 1 is 0.939 bits per heavy atom. The number of aryl methyl sites for hydroxylation is 1. The lowest BCUT2D eigenvalue weighted by Crippen LogP contribution is -2.51. The molecular formula is C25H23FN4O3. The zero-order valence-electron chi connectivity index (χ0n) is 18.0. The second kappa shape index (κ2) is 9.52. The first-order chi connectivity index (χ1) is 15.9. The molecule has 4 rings (SSSR count). The van der Waals surface area contributed by atoms with E-state index in [1.54, 1.807) is 42.5 Å². The van der Waals surface area contributed by atoms with Crippen LogP contribution >= 0.6 is 0 Å². The lowest BCUT2D eigenvalue weighted by Gasteiger charge is -2.34. The predicted octanol–water partition coefficient (Wildman–Crippen LogP) is 3.93. The third-order valence-electron chi connectivity index (χ3n) is 5.26. The maximum Gasteiger partial charge on any atom is 0.250 e. The fourth-order valence-electron chi connectivity index (χ4n) is 3.62. The van der Waals surface area contributed by atoms with Gasteiger partial charge >= 0.3 is 0 Å². The minimum absolute atomic E-state index is 0.0346. The van der Waals surface area contributed by atoms with Crippen molar-refractivity contribution < 1.29 is 18.8 Å². The maximum atomic E-state index is 13.9. The maximum absolute atomic E-state index is 13.9. The van der Waals surface area contributed by atoms with Crippen LogP contribution in [-0.2, 0) is 14.4 Å². The molecule has 7 nitrogen and oxygen atoms in total. The second-order valence-corrected chi connectivity index (χ2v) is 7.78. The smallest absolute Gasteiger partial charge is 0.250 e. The van der Waals surface area contributed by atoms with Gasteiger partial charge in [0.2, 0.25) is 11.8 Å². The van der Waals surface area contributed by atoms with Crippen molar-refractivity contribution in [2.75, 3.05) is 27.4 Å². The Morgan fingerprint density at radius 2 is 1.64 bits per heavy atom. The first kappa shape index (κ1) is 22.0. The molecule has 3 amide bonds. The highest BCUT2D eigenvalue weighted by atomic mass is 19.1. The monoisotopic (exact) mass is 446 g/mol. The van der Waals surface area contributed by atoms with Crippen molar-refractivity contribution in [1.82, 2.24) is 0 Å². The molecule has 8 heteroatoms. The first-order valence-corrected chi connectivity index (χ1v) is 10.5. The highest BCUT2D eigenvalue weighted by molar-refractivity contribution is 6.11. The number of para-hydroxylation sites is 3. The summed E-state index contributed by atoms with van der Waals surface area (Å²) in [6.07, 6.45) is -0.119. The Hall–Kier alpha value is -4.20. The van der Waals surface area contributed by atoms with Crippen molar-refractivity contribution in [1.29, 1.82) is 0 Å². The number of rotatable bonds is 6. The van der Waals surface area contributed by atoms with Gasteiger partial charge in [0.05, 0.1) is 23.5 Å². The Kier molecular flexibility index (Phi) is 6.35. The quantitative estimate of drug-likeness (QED) is 0.535. The zero-order valence-corrected chi connectivity index (χ0v) is 18.0. The number of carbonyl (C=O) groups is 3. The summed E-state index contributed by atoms with van der Waals surface area (Å²) in [5.41, 5.74) is 2.88. The third kappa shape index (κ3) is 5.17. The summed E-state index contributed by atoms with van der Waals surface area (Å²) in [5.74, 6) is -1.87. The molecule has 33 heavy (non-hydrogen) atoms. The summed E-state index contributed by atoms with van der Waals surface area (Å²) in [5, 5.41) is 8.37. The van der Waals surface area contributed by atoms with Gasteiger partial charge in [0, 0.05) is 5.69 Å². The van der Waals surface area contributed by atoms with E-state index in [4.69, 9.17) is 0 Å². The van der Waals surface area contributed by atoms with Crippen LogP contribution in [0, 0.1) is 12.7 Å². The molecule has 0 bridgehead atoms. The molecular weight excluding hydrogens is 423 g/mol. The van der Waals surface area contributed by atoms with Crippen molar-refractivity contribution in [2.45, 2.75) is 19.4 Å². The largest absolute Gasteiger partial charge is 0.372 e. The number of nitrogens with zero attached hydrogens (tertiary/aromatic N) is 1. The van der Waals surface area contributed by atoms with E-state index in [1.807, 2.05) is 19.1 Å². The minimum Gasteiger partial charge on any atom is -0.372 e. The van der Waals surface area contributed by atoms with Crippen LogP contribution in [0.3, 0.4) is 0 Å². The third-order valence-corrected chi connectivity index (χ3v) is 5.26. The van der Waals surface area contributed by atoms with E-state index in [9.17, 15) is 18.8 Å². The number of amides is 3. The molecule has 0 unspecified atom stereocenters. The summed E-state index contributed by atoms with van der Waals surface area (Å²) in [6.45, 7) is 1.63. The van der Waals surface area contributed by atoms with Crippen LogP contribution in [0.5, 0.6) is 0 Å². The van der Waals surface area contributed by atoms with Gasteiger partial charge in [-0.1, -0.05) is 42.0 Å². The zero-order chi connectivity index (χ0) is 23.4. The number of hydrogen-bond donors (Lipinski definition) is 3. The molecule has 0 saturated heterocycles. The second-order valence-electron chi connectivity index (χ2n) is 7.78. The molecule has 3 N–H and O–H groups in total. The Labute approximate surface area is 190 Å². The lowest BCUT2D eigenvalue weighted by atomic mass is 10.1. The number of halogens is 1. The van der Waals surface area contributed by atoms with Crippen molar-refractivity contribution in [3.63, 3.8) is 0 Å². The summed E-state index contributed by atoms with van der Waals surface area (Å²) >= 11 is 0. The summed E-state index contributed by atoms with van der Waals surface area (Å²) in [7, 11) is 0. The number of benzene rings is 3. The average molecular weight is 446 g/mol. The van der Waals surface area contributed by atoms with Crippen molar-refractivity contribution in [3.8, 4) is 0 Å². The molecule has 1 aliphatic rings. The summed E-state index contributed by atoms with van der Waals surface area (Å²) < 4.78 is 13.9. The number of carbonyl (C=O) groups excluding carboxylic acids is 3.